The number of pyridine rings is 1. The van der Waals surface area contributed by atoms with Gasteiger partial charge in [-0.3, -0.25) is 10.1 Å². The lowest BCUT2D eigenvalue weighted by Crippen LogP contribution is -2.29. The van der Waals surface area contributed by atoms with Crippen LogP contribution in [0.1, 0.15) is 17.8 Å². The standard InChI is InChI=1S/C17H12B2F2N4O3/c1-28-13-5-6-14(17(18,19)11-8-22-24(9-11)16(20)21)23-15(13)10-3-2-4-12(7-10)25(26)27/h2-9,16H,1H3. The number of methoxy groups -OCH3 is 1. The fourth-order valence-corrected chi connectivity index (χ4v) is 2.62. The van der Waals surface area contributed by atoms with Gasteiger partial charge in [-0.05, 0) is 22.9 Å². The Morgan fingerprint density at radius 3 is 2.64 bits per heavy atom. The summed E-state index contributed by atoms with van der Waals surface area (Å²) < 4.78 is 31.3. The van der Waals surface area contributed by atoms with Crippen LogP contribution in [-0.2, 0) is 5.21 Å². The third kappa shape index (κ3) is 3.60. The van der Waals surface area contributed by atoms with Crippen LogP contribution in [-0.4, -0.2) is 42.5 Å². The molecule has 4 radical (unpaired) electrons. The van der Waals surface area contributed by atoms with Crippen molar-refractivity contribution in [1.29, 1.82) is 0 Å². The molecular formula is C17H12B2F2N4O3. The van der Waals surface area contributed by atoms with E-state index in [0.717, 1.165) is 12.4 Å². The van der Waals surface area contributed by atoms with Crippen LogP contribution in [0.2, 0.25) is 0 Å². The van der Waals surface area contributed by atoms with Crippen LogP contribution in [0.5, 0.6) is 5.75 Å². The van der Waals surface area contributed by atoms with Crippen molar-refractivity contribution in [2.75, 3.05) is 7.11 Å². The maximum absolute atomic E-state index is 12.8. The maximum Gasteiger partial charge on any atom is 0.333 e. The average Bonchev–Trinajstić information content (AvgIpc) is 3.19. The normalized spacial score (nSPS) is 11.6. The van der Waals surface area contributed by atoms with Crippen molar-refractivity contribution < 1.29 is 18.4 Å². The van der Waals surface area contributed by atoms with Crippen molar-refractivity contribution in [2.45, 2.75) is 11.8 Å². The monoisotopic (exact) mass is 380 g/mol. The van der Waals surface area contributed by atoms with Gasteiger partial charge in [0.05, 0.1) is 33.9 Å². The highest BCUT2D eigenvalue weighted by Gasteiger charge is 2.27. The second-order valence-corrected chi connectivity index (χ2v) is 5.91. The molecule has 0 spiro atoms. The van der Waals surface area contributed by atoms with E-state index in [0.29, 0.717) is 16.0 Å². The molecule has 0 aliphatic heterocycles. The van der Waals surface area contributed by atoms with Crippen molar-refractivity contribution in [3.8, 4) is 17.0 Å². The molecule has 138 valence electrons. The van der Waals surface area contributed by atoms with Gasteiger partial charge in [-0.15, -0.1) is 0 Å². The number of aromatic nitrogens is 3. The molecule has 0 bridgehead atoms. The number of benzene rings is 1. The summed E-state index contributed by atoms with van der Waals surface area (Å²) in [5.41, 5.74) is 0.813. The second kappa shape index (κ2) is 7.41. The van der Waals surface area contributed by atoms with Crippen molar-refractivity contribution in [1.82, 2.24) is 14.8 Å². The molecule has 0 unspecified atom stereocenters. The van der Waals surface area contributed by atoms with Gasteiger partial charge >= 0.3 is 6.55 Å². The first-order valence-electron chi connectivity index (χ1n) is 7.95. The number of hydrogen-bond donors (Lipinski definition) is 0. The van der Waals surface area contributed by atoms with E-state index < -0.39 is 16.7 Å². The molecule has 7 nitrogen and oxygen atoms in total. The van der Waals surface area contributed by atoms with Gasteiger partial charge < -0.3 is 4.74 Å². The smallest absolute Gasteiger partial charge is 0.333 e. The van der Waals surface area contributed by atoms with Crippen molar-refractivity contribution in [2.24, 2.45) is 0 Å². The zero-order chi connectivity index (χ0) is 20.5. The summed E-state index contributed by atoms with van der Waals surface area (Å²) in [5, 5.41) is 12.9. The highest BCUT2D eigenvalue weighted by atomic mass is 19.3. The molecule has 2 aromatic heterocycles. The number of non-ortho nitro benzene ring substituents is 1. The second-order valence-electron chi connectivity index (χ2n) is 5.91. The van der Waals surface area contributed by atoms with Gasteiger partial charge in [-0.25, -0.2) is 9.67 Å². The zero-order valence-corrected chi connectivity index (χ0v) is 14.6. The molecule has 0 aliphatic carbocycles. The Kier molecular flexibility index (Phi) is 5.17. The quantitative estimate of drug-likeness (QED) is 0.373. The minimum Gasteiger partial charge on any atom is -0.494 e. The van der Waals surface area contributed by atoms with Gasteiger partial charge in [0, 0.05) is 29.6 Å². The number of nitro groups is 1. The zero-order valence-electron chi connectivity index (χ0n) is 14.6. The summed E-state index contributed by atoms with van der Waals surface area (Å²) >= 11 is 0. The molecule has 0 amide bonds. The number of ether oxygens (including phenoxy) is 1. The molecule has 0 N–H and O–H groups in total. The largest absolute Gasteiger partial charge is 0.494 e. The highest BCUT2D eigenvalue weighted by Crippen LogP contribution is 2.34. The van der Waals surface area contributed by atoms with Crippen LogP contribution < -0.4 is 4.74 Å². The molecule has 28 heavy (non-hydrogen) atoms. The Bertz CT molecular complexity index is 1030. The molecular weight excluding hydrogens is 368 g/mol. The van der Waals surface area contributed by atoms with E-state index >= 15 is 0 Å². The van der Waals surface area contributed by atoms with E-state index in [1.54, 1.807) is 12.1 Å². The number of nitrogens with zero attached hydrogens (tertiary/aromatic N) is 4. The molecule has 0 aliphatic rings. The molecule has 0 fully saturated rings. The van der Waals surface area contributed by atoms with Crippen molar-refractivity contribution in [3.05, 3.63) is 70.2 Å². The molecule has 2 heterocycles. The number of nitro benzene ring substituents is 1. The van der Waals surface area contributed by atoms with Crippen LogP contribution in [0.3, 0.4) is 0 Å². The average molecular weight is 380 g/mol. The SMILES string of the molecule is [B]C([B])(c1cnn(C(F)F)c1)c1ccc(OC)c(-c2cccc([N+](=O)[O-])c2)n1. The summed E-state index contributed by atoms with van der Waals surface area (Å²) in [6.07, 6.45) is 2.16. The van der Waals surface area contributed by atoms with E-state index in [1.807, 2.05) is 0 Å². The number of alkyl halides is 2. The van der Waals surface area contributed by atoms with Gasteiger partial charge in [0.25, 0.3) is 5.69 Å². The first kappa shape index (κ1) is 19.5. The van der Waals surface area contributed by atoms with E-state index in [-0.39, 0.29) is 22.6 Å². The highest BCUT2D eigenvalue weighted by molar-refractivity contribution is 6.42. The fraction of sp³-hybridized carbons (Fsp3) is 0.176. The molecule has 0 saturated carbocycles. The molecule has 0 atom stereocenters. The van der Waals surface area contributed by atoms with E-state index in [4.69, 9.17) is 20.4 Å². The third-order valence-corrected chi connectivity index (χ3v) is 4.11. The van der Waals surface area contributed by atoms with Gasteiger partial charge in [-0.1, -0.05) is 12.1 Å². The lowest BCUT2D eigenvalue weighted by atomic mass is 9.50. The third-order valence-electron chi connectivity index (χ3n) is 4.11. The minimum atomic E-state index is -2.84. The van der Waals surface area contributed by atoms with Crippen molar-refractivity contribution in [3.63, 3.8) is 0 Å². The number of halogens is 2. The lowest BCUT2D eigenvalue weighted by Gasteiger charge is -2.25. The Hall–Kier alpha value is -3.23. The summed E-state index contributed by atoms with van der Waals surface area (Å²) in [4.78, 5) is 14.9. The van der Waals surface area contributed by atoms with Crippen LogP contribution in [0.25, 0.3) is 11.3 Å². The summed E-state index contributed by atoms with van der Waals surface area (Å²) in [6.45, 7) is -2.84. The van der Waals surface area contributed by atoms with Crippen LogP contribution >= 0.6 is 0 Å². The molecule has 3 rings (SSSR count). The Balaban J connectivity index is 2.09. The number of hydrogen-bond acceptors (Lipinski definition) is 5. The maximum atomic E-state index is 12.8. The fourth-order valence-electron chi connectivity index (χ4n) is 2.62. The lowest BCUT2D eigenvalue weighted by molar-refractivity contribution is -0.384. The van der Waals surface area contributed by atoms with E-state index in [1.165, 1.54) is 31.4 Å². The summed E-state index contributed by atoms with van der Waals surface area (Å²) in [6, 6.07) is 8.83. The van der Waals surface area contributed by atoms with Gasteiger partial charge in [0.15, 0.2) is 0 Å². The molecule has 11 heteroatoms. The minimum absolute atomic E-state index is 0.121. The van der Waals surface area contributed by atoms with Crippen LogP contribution in [0.15, 0.2) is 48.8 Å². The Labute approximate surface area is 161 Å². The van der Waals surface area contributed by atoms with Crippen molar-refractivity contribution >= 4 is 21.4 Å². The van der Waals surface area contributed by atoms with E-state index in [2.05, 4.69) is 10.1 Å². The Morgan fingerprint density at radius 2 is 2.04 bits per heavy atom. The topological polar surface area (TPSA) is 83.1 Å². The van der Waals surface area contributed by atoms with Crippen LogP contribution in [0, 0.1) is 10.1 Å². The molecule has 3 aromatic rings. The molecule has 1 aromatic carbocycles. The first-order chi connectivity index (χ1) is 13.2. The van der Waals surface area contributed by atoms with Gasteiger partial charge in [-0.2, -0.15) is 13.9 Å². The van der Waals surface area contributed by atoms with Crippen LogP contribution in [0.4, 0.5) is 14.5 Å². The van der Waals surface area contributed by atoms with E-state index in [9.17, 15) is 18.9 Å². The predicted molar refractivity (Wildman–Crippen MR) is 98.6 cm³/mol. The van der Waals surface area contributed by atoms with Gasteiger partial charge in [0.1, 0.15) is 11.4 Å². The first-order valence-corrected chi connectivity index (χ1v) is 7.95. The predicted octanol–water partition coefficient (Wildman–Crippen LogP) is 2.80. The summed E-state index contributed by atoms with van der Waals surface area (Å²) in [7, 11) is 13.7. The number of rotatable bonds is 6. The molecule has 0 saturated heterocycles. The Morgan fingerprint density at radius 1 is 1.29 bits per heavy atom. The van der Waals surface area contributed by atoms with Gasteiger partial charge in [0.2, 0.25) is 0 Å². The summed E-state index contributed by atoms with van der Waals surface area (Å²) in [5.74, 6) is 0.336.